The summed E-state index contributed by atoms with van der Waals surface area (Å²) in [6, 6.07) is 0.457. The summed E-state index contributed by atoms with van der Waals surface area (Å²) < 4.78 is 0. The van der Waals surface area contributed by atoms with Gasteiger partial charge in [-0.15, -0.1) is 0 Å². The molecule has 0 aromatic carbocycles. The zero-order chi connectivity index (χ0) is 15.4. The van der Waals surface area contributed by atoms with Crippen molar-refractivity contribution in [1.29, 1.82) is 0 Å². The second-order valence-electron chi connectivity index (χ2n) is 7.62. The summed E-state index contributed by atoms with van der Waals surface area (Å²) >= 11 is 0. The Labute approximate surface area is 128 Å². The number of rotatable bonds is 12. The molecular weight excluding hydrogens is 242 g/mol. The Morgan fingerprint density at radius 1 is 0.950 bits per heavy atom. The first-order chi connectivity index (χ1) is 9.37. The van der Waals surface area contributed by atoms with Crippen molar-refractivity contribution in [2.75, 3.05) is 0 Å². The molecule has 0 aliphatic heterocycles. The van der Waals surface area contributed by atoms with E-state index in [0.29, 0.717) is 11.5 Å². The second-order valence-corrected chi connectivity index (χ2v) is 7.62. The maximum atomic E-state index is 4.42. The van der Waals surface area contributed by atoms with Crippen molar-refractivity contribution in [2.24, 2.45) is 16.3 Å². The smallest absolute Gasteiger partial charge is 0.0439 e. The van der Waals surface area contributed by atoms with Gasteiger partial charge in [-0.1, -0.05) is 59.8 Å². The third kappa shape index (κ3) is 12.7. The maximum Gasteiger partial charge on any atom is 0.0439 e. The minimum atomic E-state index is 0.457. The van der Waals surface area contributed by atoms with Gasteiger partial charge in [-0.2, -0.15) is 0 Å². The summed E-state index contributed by atoms with van der Waals surface area (Å²) in [5.41, 5.74) is 0.561. The third-order valence-corrected chi connectivity index (χ3v) is 4.16. The summed E-state index contributed by atoms with van der Waals surface area (Å²) in [6.07, 6.45) is 14.3. The van der Waals surface area contributed by atoms with Gasteiger partial charge in [-0.25, -0.2) is 0 Å². The van der Waals surface area contributed by atoms with Crippen LogP contribution >= 0.6 is 0 Å². The molecule has 0 rings (SSSR count). The molecule has 1 nitrogen and oxygen atoms in total. The average Bonchev–Trinajstić information content (AvgIpc) is 2.34. The van der Waals surface area contributed by atoms with Gasteiger partial charge in [0.15, 0.2) is 0 Å². The fourth-order valence-electron chi connectivity index (χ4n) is 2.89. The number of hydrogen-bond donors (Lipinski definition) is 0. The first kappa shape index (κ1) is 19.7. The van der Waals surface area contributed by atoms with Crippen LogP contribution in [0.3, 0.4) is 0 Å². The van der Waals surface area contributed by atoms with E-state index in [2.05, 4.69) is 52.7 Å². The van der Waals surface area contributed by atoms with Gasteiger partial charge in [-0.05, 0) is 57.1 Å². The molecule has 0 fully saturated rings. The van der Waals surface area contributed by atoms with Crippen molar-refractivity contribution in [3.8, 4) is 0 Å². The van der Waals surface area contributed by atoms with Crippen LogP contribution < -0.4 is 0 Å². The van der Waals surface area contributed by atoms with Crippen LogP contribution in [0.25, 0.3) is 0 Å². The quantitative estimate of drug-likeness (QED) is 0.280. The molecule has 20 heavy (non-hydrogen) atoms. The van der Waals surface area contributed by atoms with Crippen LogP contribution in [0.15, 0.2) is 4.99 Å². The van der Waals surface area contributed by atoms with Gasteiger partial charge in [0.25, 0.3) is 0 Å². The first-order valence-electron chi connectivity index (χ1n) is 8.89. The summed E-state index contributed by atoms with van der Waals surface area (Å²) in [5.74, 6) is 0.886. The zero-order valence-corrected chi connectivity index (χ0v) is 15.0. The van der Waals surface area contributed by atoms with Crippen LogP contribution in [0.1, 0.15) is 99.3 Å². The SMILES string of the molecule is CCCC(C)(C)CCCC[C@@H](C)CCC/C=N/C(C)C. The fourth-order valence-corrected chi connectivity index (χ4v) is 2.89. The summed E-state index contributed by atoms with van der Waals surface area (Å²) in [5, 5.41) is 0. The lowest BCUT2D eigenvalue weighted by Crippen LogP contribution is -2.10. The average molecular weight is 282 g/mol. The Balaban J connectivity index is 3.52. The molecule has 1 heteroatoms. The Morgan fingerprint density at radius 3 is 2.20 bits per heavy atom. The standard InChI is InChI=1S/C19H39N/c1-7-14-19(5,6)15-10-8-12-18(4)13-9-11-16-20-17(2)3/h16-18H,7-15H2,1-6H3/b20-16+/t18-/m1/s1. The first-order valence-corrected chi connectivity index (χ1v) is 8.89. The molecular formula is C19H39N. The lowest BCUT2D eigenvalue weighted by Gasteiger charge is -2.24. The molecule has 0 aliphatic rings. The van der Waals surface area contributed by atoms with Crippen LogP contribution in [0.4, 0.5) is 0 Å². The molecule has 0 unspecified atom stereocenters. The lowest BCUT2D eigenvalue weighted by molar-refractivity contribution is 0.287. The predicted octanol–water partition coefficient (Wildman–Crippen LogP) is 6.66. The lowest BCUT2D eigenvalue weighted by atomic mass is 9.82. The van der Waals surface area contributed by atoms with Gasteiger partial charge in [0.2, 0.25) is 0 Å². The number of nitrogens with zero attached hydrogens (tertiary/aromatic N) is 1. The van der Waals surface area contributed by atoms with Crippen LogP contribution in [-0.4, -0.2) is 12.3 Å². The van der Waals surface area contributed by atoms with E-state index in [0.717, 1.165) is 12.3 Å². The Kier molecular flexibility index (Phi) is 11.2. The van der Waals surface area contributed by atoms with E-state index in [-0.39, 0.29) is 0 Å². The monoisotopic (exact) mass is 281 g/mol. The number of unbranched alkanes of at least 4 members (excludes halogenated alkanes) is 2. The van der Waals surface area contributed by atoms with Gasteiger partial charge in [0.1, 0.15) is 0 Å². The molecule has 1 atom stereocenters. The molecule has 0 heterocycles. The van der Waals surface area contributed by atoms with Gasteiger partial charge in [0.05, 0.1) is 0 Å². The van der Waals surface area contributed by atoms with E-state index in [4.69, 9.17) is 0 Å². The van der Waals surface area contributed by atoms with Crippen LogP contribution in [0, 0.1) is 11.3 Å². The molecule has 0 saturated heterocycles. The molecule has 0 radical (unpaired) electrons. The summed E-state index contributed by atoms with van der Waals surface area (Å²) in [4.78, 5) is 4.42. The van der Waals surface area contributed by atoms with E-state index >= 15 is 0 Å². The highest BCUT2D eigenvalue weighted by Crippen LogP contribution is 2.29. The van der Waals surface area contributed by atoms with Gasteiger partial charge >= 0.3 is 0 Å². The second kappa shape index (κ2) is 11.3. The van der Waals surface area contributed by atoms with Crippen molar-refractivity contribution in [3.63, 3.8) is 0 Å². The molecule has 0 spiro atoms. The Bertz CT molecular complexity index is 240. The fraction of sp³-hybridized carbons (Fsp3) is 0.947. The molecule has 0 bridgehead atoms. The van der Waals surface area contributed by atoms with E-state index in [9.17, 15) is 0 Å². The molecule has 0 aromatic heterocycles. The minimum Gasteiger partial charge on any atom is -0.295 e. The van der Waals surface area contributed by atoms with E-state index in [1.165, 1.54) is 51.4 Å². The largest absolute Gasteiger partial charge is 0.295 e. The van der Waals surface area contributed by atoms with E-state index in [1.807, 2.05) is 0 Å². The third-order valence-electron chi connectivity index (χ3n) is 4.16. The molecule has 0 aromatic rings. The highest BCUT2D eigenvalue weighted by molar-refractivity contribution is 5.57. The maximum absolute atomic E-state index is 4.42. The molecule has 120 valence electrons. The summed E-state index contributed by atoms with van der Waals surface area (Å²) in [6.45, 7) is 13.8. The van der Waals surface area contributed by atoms with E-state index in [1.54, 1.807) is 0 Å². The van der Waals surface area contributed by atoms with Crippen molar-refractivity contribution < 1.29 is 0 Å². The van der Waals surface area contributed by atoms with Gasteiger partial charge in [-0.3, -0.25) is 4.99 Å². The predicted molar refractivity (Wildman–Crippen MR) is 93.8 cm³/mol. The highest BCUT2D eigenvalue weighted by atomic mass is 14.7. The minimum absolute atomic E-state index is 0.457. The molecule has 0 N–H and O–H groups in total. The molecule has 0 amide bonds. The van der Waals surface area contributed by atoms with Crippen molar-refractivity contribution >= 4 is 6.21 Å². The van der Waals surface area contributed by atoms with Crippen molar-refractivity contribution in [1.82, 2.24) is 0 Å². The molecule has 0 saturated carbocycles. The van der Waals surface area contributed by atoms with Gasteiger partial charge < -0.3 is 0 Å². The normalized spacial score (nSPS) is 14.3. The zero-order valence-electron chi connectivity index (χ0n) is 15.0. The summed E-state index contributed by atoms with van der Waals surface area (Å²) in [7, 11) is 0. The molecule has 0 aliphatic carbocycles. The number of aliphatic imine (C=N–C) groups is 1. The van der Waals surface area contributed by atoms with Crippen LogP contribution in [0.5, 0.6) is 0 Å². The van der Waals surface area contributed by atoms with Crippen LogP contribution in [0.2, 0.25) is 0 Å². The van der Waals surface area contributed by atoms with E-state index < -0.39 is 0 Å². The topological polar surface area (TPSA) is 12.4 Å². The van der Waals surface area contributed by atoms with Crippen molar-refractivity contribution in [2.45, 2.75) is 105 Å². The Morgan fingerprint density at radius 2 is 1.60 bits per heavy atom. The highest BCUT2D eigenvalue weighted by Gasteiger charge is 2.15. The Hall–Kier alpha value is -0.330. The van der Waals surface area contributed by atoms with Crippen molar-refractivity contribution in [3.05, 3.63) is 0 Å². The van der Waals surface area contributed by atoms with Crippen LogP contribution in [-0.2, 0) is 0 Å². The van der Waals surface area contributed by atoms with Gasteiger partial charge in [0, 0.05) is 6.04 Å². The number of hydrogen-bond acceptors (Lipinski definition) is 1.